The van der Waals surface area contributed by atoms with Gasteiger partial charge in [0, 0.05) is 6.42 Å². The van der Waals surface area contributed by atoms with Gasteiger partial charge in [-0.15, -0.1) is 0 Å². The number of rotatable bonds is 5. The van der Waals surface area contributed by atoms with Crippen molar-refractivity contribution >= 4 is 11.7 Å². The second-order valence-electron chi connectivity index (χ2n) is 3.62. The third-order valence-electron chi connectivity index (χ3n) is 2.12. The smallest absolute Gasteiger partial charge is 0.389 e. The van der Waals surface area contributed by atoms with E-state index in [1.54, 1.807) is 0 Å². The zero-order valence-electron chi connectivity index (χ0n) is 9.33. The molecule has 0 aliphatic heterocycles. The van der Waals surface area contributed by atoms with E-state index in [9.17, 15) is 18.0 Å². The molecule has 7 heteroatoms. The Kier molecular flexibility index (Phi) is 4.41. The summed E-state index contributed by atoms with van der Waals surface area (Å²) in [5.74, 6) is -1.08. The Balaban J connectivity index is 2.56. The Hall–Kier alpha value is -1.92. The van der Waals surface area contributed by atoms with Crippen molar-refractivity contribution in [3.05, 3.63) is 23.8 Å². The molecular formula is C11H12F3NO3. The maximum absolute atomic E-state index is 11.9. The number of hydrogen-bond acceptors (Lipinski definition) is 3. The fraction of sp³-hybridized carbons (Fsp3) is 0.364. The SMILES string of the molecule is Nc1ccc(C(=O)O)cc1OCCCC(F)(F)F. The summed E-state index contributed by atoms with van der Waals surface area (Å²) < 4.78 is 40.7. The lowest BCUT2D eigenvalue weighted by molar-refractivity contribution is -0.136. The van der Waals surface area contributed by atoms with Crippen molar-refractivity contribution < 1.29 is 27.8 Å². The molecule has 100 valence electrons. The van der Waals surface area contributed by atoms with Gasteiger partial charge in [-0.2, -0.15) is 13.2 Å². The zero-order chi connectivity index (χ0) is 13.8. The molecule has 0 amide bonds. The predicted octanol–water partition coefficient (Wildman–Crippen LogP) is 2.69. The van der Waals surface area contributed by atoms with Crippen molar-refractivity contribution in [3.63, 3.8) is 0 Å². The molecule has 0 fully saturated rings. The molecule has 4 nitrogen and oxygen atoms in total. The second-order valence-corrected chi connectivity index (χ2v) is 3.62. The predicted molar refractivity (Wildman–Crippen MR) is 58.6 cm³/mol. The lowest BCUT2D eigenvalue weighted by Crippen LogP contribution is -2.10. The Bertz CT molecular complexity index is 432. The summed E-state index contributed by atoms with van der Waals surface area (Å²) in [4.78, 5) is 10.7. The van der Waals surface area contributed by atoms with Crippen LogP contribution in [0.15, 0.2) is 18.2 Å². The van der Waals surface area contributed by atoms with Crippen LogP contribution in [0.4, 0.5) is 18.9 Å². The van der Waals surface area contributed by atoms with Crippen molar-refractivity contribution in [2.75, 3.05) is 12.3 Å². The number of hydrogen-bond donors (Lipinski definition) is 2. The number of nitrogen functional groups attached to an aromatic ring is 1. The van der Waals surface area contributed by atoms with E-state index in [1.807, 2.05) is 0 Å². The van der Waals surface area contributed by atoms with Gasteiger partial charge in [0.1, 0.15) is 5.75 Å². The highest BCUT2D eigenvalue weighted by atomic mass is 19.4. The standard InChI is InChI=1S/C11H12F3NO3/c12-11(13,14)4-1-5-18-9-6-7(10(16)17)2-3-8(9)15/h2-3,6H,1,4-5,15H2,(H,16,17). The number of alkyl halides is 3. The first-order valence-electron chi connectivity index (χ1n) is 5.12. The first kappa shape index (κ1) is 14.1. The summed E-state index contributed by atoms with van der Waals surface area (Å²) in [6.07, 6.45) is -5.39. The molecule has 1 aromatic rings. The lowest BCUT2D eigenvalue weighted by Gasteiger charge is -2.10. The van der Waals surface area contributed by atoms with Crippen LogP contribution in [-0.2, 0) is 0 Å². The van der Waals surface area contributed by atoms with Crippen LogP contribution in [0.3, 0.4) is 0 Å². The van der Waals surface area contributed by atoms with Crippen LogP contribution < -0.4 is 10.5 Å². The molecule has 0 radical (unpaired) electrons. The molecule has 18 heavy (non-hydrogen) atoms. The number of aromatic carboxylic acids is 1. The van der Waals surface area contributed by atoms with Crippen LogP contribution >= 0.6 is 0 Å². The monoisotopic (exact) mass is 263 g/mol. The molecular weight excluding hydrogens is 251 g/mol. The van der Waals surface area contributed by atoms with E-state index in [-0.39, 0.29) is 30.0 Å². The van der Waals surface area contributed by atoms with E-state index < -0.39 is 18.6 Å². The van der Waals surface area contributed by atoms with Gasteiger partial charge in [0.15, 0.2) is 0 Å². The van der Waals surface area contributed by atoms with Gasteiger partial charge in [0.25, 0.3) is 0 Å². The minimum atomic E-state index is -4.22. The Morgan fingerprint density at radius 3 is 2.61 bits per heavy atom. The van der Waals surface area contributed by atoms with Crippen molar-refractivity contribution in [1.29, 1.82) is 0 Å². The maximum atomic E-state index is 11.9. The summed E-state index contributed by atoms with van der Waals surface area (Å²) in [6.45, 7) is -0.174. The molecule has 0 atom stereocenters. The molecule has 3 N–H and O–H groups in total. The number of benzene rings is 1. The van der Waals surface area contributed by atoms with Gasteiger partial charge in [-0.05, 0) is 24.6 Å². The number of carboxylic acid groups (broad SMARTS) is 1. The molecule has 1 rings (SSSR count). The first-order chi connectivity index (χ1) is 8.29. The highest BCUT2D eigenvalue weighted by molar-refractivity contribution is 5.89. The Morgan fingerprint density at radius 1 is 1.39 bits per heavy atom. The molecule has 0 saturated heterocycles. The lowest BCUT2D eigenvalue weighted by atomic mass is 10.2. The number of carbonyl (C=O) groups is 1. The van der Waals surface area contributed by atoms with Gasteiger partial charge in [-0.25, -0.2) is 4.79 Å². The normalized spacial score (nSPS) is 11.3. The summed E-state index contributed by atoms with van der Waals surface area (Å²) in [7, 11) is 0. The number of anilines is 1. The van der Waals surface area contributed by atoms with E-state index in [4.69, 9.17) is 15.6 Å². The van der Waals surface area contributed by atoms with E-state index in [1.165, 1.54) is 18.2 Å². The largest absolute Gasteiger partial charge is 0.491 e. The fourth-order valence-electron chi connectivity index (χ4n) is 1.25. The zero-order valence-corrected chi connectivity index (χ0v) is 9.33. The van der Waals surface area contributed by atoms with Crippen molar-refractivity contribution in [1.82, 2.24) is 0 Å². The molecule has 0 aliphatic carbocycles. The third kappa shape index (κ3) is 4.52. The molecule has 0 aliphatic rings. The van der Waals surface area contributed by atoms with Gasteiger partial charge in [0.05, 0.1) is 17.9 Å². The summed E-state index contributed by atoms with van der Waals surface area (Å²) in [5.41, 5.74) is 5.67. The van der Waals surface area contributed by atoms with E-state index in [0.29, 0.717) is 0 Å². The van der Waals surface area contributed by atoms with Gasteiger partial charge in [-0.3, -0.25) is 0 Å². The molecule has 0 unspecified atom stereocenters. The van der Waals surface area contributed by atoms with Crippen molar-refractivity contribution in [3.8, 4) is 5.75 Å². The molecule has 0 bridgehead atoms. The van der Waals surface area contributed by atoms with Gasteiger partial charge >= 0.3 is 12.1 Å². The van der Waals surface area contributed by atoms with Crippen LogP contribution in [0.25, 0.3) is 0 Å². The summed E-state index contributed by atoms with van der Waals surface area (Å²) in [6, 6.07) is 3.81. The van der Waals surface area contributed by atoms with Crippen molar-refractivity contribution in [2.45, 2.75) is 19.0 Å². The maximum Gasteiger partial charge on any atom is 0.389 e. The van der Waals surface area contributed by atoms with Crippen LogP contribution in [0.5, 0.6) is 5.75 Å². The first-order valence-corrected chi connectivity index (χ1v) is 5.12. The van der Waals surface area contributed by atoms with Crippen molar-refractivity contribution in [2.24, 2.45) is 0 Å². The summed E-state index contributed by atoms with van der Waals surface area (Å²) >= 11 is 0. The minimum Gasteiger partial charge on any atom is -0.491 e. The van der Waals surface area contributed by atoms with E-state index in [2.05, 4.69) is 0 Å². The van der Waals surface area contributed by atoms with Crippen LogP contribution in [0.1, 0.15) is 23.2 Å². The molecule has 1 aromatic carbocycles. The third-order valence-corrected chi connectivity index (χ3v) is 2.12. The summed E-state index contributed by atoms with van der Waals surface area (Å²) in [5, 5.41) is 8.73. The van der Waals surface area contributed by atoms with Crippen LogP contribution in [0.2, 0.25) is 0 Å². The highest BCUT2D eigenvalue weighted by Gasteiger charge is 2.26. The van der Waals surface area contributed by atoms with Gasteiger partial charge in [0.2, 0.25) is 0 Å². The number of halogens is 3. The second kappa shape index (κ2) is 5.61. The quantitative estimate of drug-likeness (QED) is 0.632. The molecule has 0 spiro atoms. The highest BCUT2D eigenvalue weighted by Crippen LogP contribution is 2.25. The fourth-order valence-corrected chi connectivity index (χ4v) is 1.25. The van der Waals surface area contributed by atoms with Gasteiger partial charge < -0.3 is 15.6 Å². The number of carboxylic acids is 1. The average molecular weight is 263 g/mol. The molecule has 0 aromatic heterocycles. The average Bonchev–Trinajstić information content (AvgIpc) is 2.24. The van der Waals surface area contributed by atoms with E-state index >= 15 is 0 Å². The van der Waals surface area contributed by atoms with Crippen LogP contribution in [-0.4, -0.2) is 23.9 Å². The van der Waals surface area contributed by atoms with E-state index in [0.717, 1.165) is 0 Å². The molecule has 0 saturated carbocycles. The number of ether oxygens (including phenoxy) is 1. The topological polar surface area (TPSA) is 72.6 Å². The Morgan fingerprint density at radius 2 is 2.06 bits per heavy atom. The Labute approximate surface area is 101 Å². The van der Waals surface area contributed by atoms with Gasteiger partial charge in [-0.1, -0.05) is 0 Å². The number of nitrogens with two attached hydrogens (primary N) is 1. The molecule has 0 heterocycles. The minimum absolute atomic E-state index is 0.0324. The van der Waals surface area contributed by atoms with Crippen LogP contribution in [0, 0.1) is 0 Å².